The average molecular weight is 607 g/mol. The van der Waals surface area contributed by atoms with E-state index in [-0.39, 0.29) is 12.5 Å². The molecule has 0 spiro atoms. The van der Waals surface area contributed by atoms with E-state index >= 15 is 0 Å². The molecule has 35 heavy (non-hydrogen) atoms. The third-order valence-electron chi connectivity index (χ3n) is 5.40. The standard InChI is InChI=1S/C24H30BrCl2N3O4S/c1-4-6-14-28-24(32)22(5-2)29(15-19-20(26)8-7-9-21(19)27)23(31)16-30(35(3,33)34)18-12-10-17(25)11-13-18/h7-13,22H,4-6,14-16H2,1-3H3,(H,28,32)/t22-/m1/s1. The van der Waals surface area contributed by atoms with E-state index in [0.717, 1.165) is 27.9 Å². The molecule has 0 saturated heterocycles. The second-order valence-electron chi connectivity index (χ2n) is 8.04. The first-order chi connectivity index (χ1) is 16.5. The van der Waals surface area contributed by atoms with Crippen molar-refractivity contribution >= 4 is 66.7 Å². The van der Waals surface area contributed by atoms with Crippen molar-refractivity contribution in [2.45, 2.75) is 45.7 Å². The number of amides is 2. The van der Waals surface area contributed by atoms with E-state index in [1.54, 1.807) is 49.4 Å². The normalized spacial score (nSPS) is 12.2. The Labute approximate surface area is 225 Å². The van der Waals surface area contributed by atoms with Crippen LogP contribution in [0.5, 0.6) is 0 Å². The summed E-state index contributed by atoms with van der Waals surface area (Å²) >= 11 is 16.1. The van der Waals surface area contributed by atoms with Gasteiger partial charge in [-0.2, -0.15) is 0 Å². The molecule has 7 nitrogen and oxygen atoms in total. The summed E-state index contributed by atoms with van der Waals surface area (Å²) in [6.07, 6.45) is 3.07. The summed E-state index contributed by atoms with van der Waals surface area (Å²) in [5.74, 6) is -0.862. The number of anilines is 1. The van der Waals surface area contributed by atoms with Crippen molar-refractivity contribution < 1.29 is 18.0 Å². The summed E-state index contributed by atoms with van der Waals surface area (Å²) in [7, 11) is -3.80. The number of nitrogens with one attached hydrogen (secondary N) is 1. The van der Waals surface area contributed by atoms with Crippen LogP contribution in [-0.4, -0.2) is 50.5 Å². The molecule has 0 saturated carbocycles. The predicted molar refractivity (Wildman–Crippen MR) is 145 cm³/mol. The van der Waals surface area contributed by atoms with E-state index in [4.69, 9.17) is 23.2 Å². The lowest BCUT2D eigenvalue weighted by atomic mass is 10.1. The van der Waals surface area contributed by atoms with Crippen LogP contribution < -0.4 is 9.62 Å². The highest BCUT2D eigenvalue weighted by Crippen LogP contribution is 2.28. The van der Waals surface area contributed by atoms with Gasteiger partial charge in [0.15, 0.2) is 0 Å². The molecule has 0 fully saturated rings. The van der Waals surface area contributed by atoms with Gasteiger partial charge in [0, 0.05) is 33.2 Å². The zero-order valence-corrected chi connectivity index (χ0v) is 23.8. The zero-order chi connectivity index (χ0) is 26.2. The molecule has 192 valence electrons. The van der Waals surface area contributed by atoms with Gasteiger partial charge in [-0.05, 0) is 49.2 Å². The van der Waals surface area contributed by atoms with E-state index in [9.17, 15) is 18.0 Å². The van der Waals surface area contributed by atoms with Crippen LogP contribution in [0.1, 0.15) is 38.7 Å². The highest BCUT2D eigenvalue weighted by Gasteiger charge is 2.32. The van der Waals surface area contributed by atoms with Gasteiger partial charge in [0.25, 0.3) is 0 Å². The van der Waals surface area contributed by atoms with Gasteiger partial charge in [-0.25, -0.2) is 8.42 Å². The summed E-state index contributed by atoms with van der Waals surface area (Å²) in [6.45, 7) is 3.76. The van der Waals surface area contributed by atoms with Gasteiger partial charge < -0.3 is 10.2 Å². The Bertz CT molecular complexity index is 1110. The lowest BCUT2D eigenvalue weighted by Gasteiger charge is -2.33. The van der Waals surface area contributed by atoms with Crippen LogP contribution >= 0.6 is 39.1 Å². The number of hydrogen-bond donors (Lipinski definition) is 1. The SMILES string of the molecule is CCCCNC(=O)[C@@H](CC)N(Cc1c(Cl)cccc1Cl)C(=O)CN(c1ccc(Br)cc1)S(C)(=O)=O. The molecule has 1 atom stereocenters. The molecular formula is C24H30BrCl2N3O4S. The zero-order valence-electron chi connectivity index (χ0n) is 19.9. The van der Waals surface area contributed by atoms with E-state index in [2.05, 4.69) is 21.2 Å². The molecule has 0 radical (unpaired) electrons. The first-order valence-electron chi connectivity index (χ1n) is 11.2. The molecule has 2 rings (SSSR count). The Hall–Kier alpha value is -1.81. The Morgan fingerprint density at radius 1 is 1.06 bits per heavy atom. The van der Waals surface area contributed by atoms with E-state index in [1.807, 2.05) is 6.92 Å². The Kier molecular flexibility index (Phi) is 11.3. The maximum Gasteiger partial charge on any atom is 0.244 e. The van der Waals surface area contributed by atoms with Crippen LogP contribution in [-0.2, 0) is 26.2 Å². The topological polar surface area (TPSA) is 86.8 Å². The number of benzene rings is 2. The summed E-state index contributed by atoms with van der Waals surface area (Å²) < 4.78 is 27.0. The third kappa shape index (κ3) is 8.37. The molecule has 0 aliphatic heterocycles. The van der Waals surface area contributed by atoms with E-state index < -0.39 is 28.5 Å². The number of sulfonamides is 1. The molecule has 1 N–H and O–H groups in total. The Balaban J connectivity index is 2.45. The van der Waals surface area contributed by atoms with Crippen molar-refractivity contribution in [3.05, 3.63) is 62.5 Å². The fourth-order valence-electron chi connectivity index (χ4n) is 3.50. The summed E-state index contributed by atoms with van der Waals surface area (Å²) in [5.41, 5.74) is 0.818. The lowest BCUT2D eigenvalue weighted by molar-refractivity contribution is -0.140. The highest BCUT2D eigenvalue weighted by molar-refractivity contribution is 9.10. The molecule has 0 aromatic heterocycles. The molecule has 0 aliphatic rings. The van der Waals surface area contributed by atoms with Crippen molar-refractivity contribution in [2.75, 3.05) is 23.7 Å². The predicted octanol–water partition coefficient (Wildman–Crippen LogP) is 5.25. The second kappa shape index (κ2) is 13.5. The summed E-state index contributed by atoms with van der Waals surface area (Å²) in [4.78, 5) is 28.0. The van der Waals surface area contributed by atoms with E-state index in [1.165, 1.54) is 4.90 Å². The van der Waals surface area contributed by atoms with Gasteiger partial charge in [0.1, 0.15) is 12.6 Å². The van der Waals surface area contributed by atoms with Gasteiger partial charge >= 0.3 is 0 Å². The molecule has 0 unspecified atom stereocenters. The fraction of sp³-hybridized carbons (Fsp3) is 0.417. The van der Waals surface area contributed by atoms with Crippen molar-refractivity contribution in [1.29, 1.82) is 0 Å². The Morgan fingerprint density at radius 2 is 1.66 bits per heavy atom. The maximum atomic E-state index is 13.6. The highest BCUT2D eigenvalue weighted by atomic mass is 79.9. The second-order valence-corrected chi connectivity index (χ2v) is 11.7. The summed E-state index contributed by atoms with van der Waals surface area (Å²) in [5, 5.41) is 3.57. The molecule has 0 bridgehead atoms. The van der Waals surface area contributed by atoms with Crippen LogP contribution in [0.3, 0.4) is 0 Å². The first-order valence-corrected chi connectivity index (χ1v) is 14.6. The number of hydrogen-bond acceptors (Lipinski definition) is 4. The van der Waals surface area contributed by atoms with Gasteiger partial charge in [-0.1, -0.05) is 65.5 Å². The molecular weight excluding hydrogens is 577 g/mol. The van der Waals surface area contributed by atoms with Gasteiger partial charge in [-0.3, -0.25) is 13.9 Å². The van der Waals surface area contributed by atoms with Crippen LogP contribution in [0, 0.1) is 0 Å². The summed E-state index contributed by atoms with van der Waals surface area (Å²) in [6, 6.07) is 10.7. The first kappa shape index (κ1) is 29.4. The Morgan fingerprint density at radius 3 is 2.17 bits per heavy atom. The van der Waals surface area contributed by atoms with Crippen molar-refractivity contribution in [3.8, 4) is 0 Å². The largest absolute Gasteiger partial charge is 0.354 e. The molecule has 0 heterocycles. The number of nitrogens with zero attached hydrogens (tertiary/aromatic N) is 2. The number of carbonyl (C=O) groups excluding carboxylic acids is 2. The maximum absolute atomic E-state index is 13.6. The molecule has 2 aromatic carbocycles. The van der Waals surface area contributed by atoms with Crippen LogP contribution in [0.2, 0.25) is 10.0 Å². The van der Waals surface area contributed by atoms with Crippen LogP contribution in [0.4, 0.5) is 5.69 Å². The fourth-order valence-corrected chi connectivity index (χ4v) is 5.13. The van der Waals surface area contributed by atoms with Crippen LogP contribution in [0.25, 0.3) is 0 Å². The van der Waals surface area contributed by atoms with Crippen molar-refractivity contribution in [1.82, 2.24) is 10.2 Å². The lowest BCUT2D eigenvalue weighted by Crippen LogP contribution is -2.52. The average Bonchev–Trinajstić information content (AvgIpc) is 2.79. The third-order valence-corrected chi connectivity index (χ3v) is 7.78. The van der Waals surface area contributed by atoms with Crippen molar-refractivity contribution in [3.63, 3.8) is 0 Å². The van der Waals surface area contributed by atoms with Gasteiger partial charge in [-0.15, -0.1) is 0 Å². The van der Waals surface area contributed by atoms with Crippen molar-refractivity contribution in [2.24, 2.45) is 0 Å². The van der Waals surface area contributed by atoms with Crippen LogP contribution in [0.15, 0.2) is 46.9 Å². The van der Waals surface area contributed by atoms with Gasteiger partial charge in [0.05, 0.1) is 11.9 Å². The van der Waals surface area contributed by atoms with Gasteiger partial charge in [0.2, 0.25) is 21.8 Å². The monoisotopic (exact) mass is 605 g/mol. The minimum atomic E-state index is -3.80. The number of rotatable bonds is 12. The number of carbonyl (C=O) groups is 2. The molecule has 0 aliphatic carbocycles. The van der Waals surface area contributed by atoms with E-state index in [0.29, 0.717) is 34.3 Å². The number of halogens is 3. The quantitative estimate of drug-likeness (QED) is 0.335. The number of unbranched alkanes of at least 4 members (excludes halogenated alkanes) is 1. The smallest absolute Gasteiger partial charge is 0.244 e. The molecule has 2 aromatic rings. The molecule has 11 heteroatoms. The minimum Gasteiger partial charge on any atom is -0.354 e. The minimum absolute atomic E-state index is 0.0466. The molecule has 2 amide bonds.